The molecule has 30 heavy (non-hydrogen) atoms. The molecule has 0 aliphatic rings. The van der Waals surface area contributed by atoms with Gasteiger partial charge in [0.1, 0.15) is 6.54 Å². The Morgan fingerprint density at radius 1 is 1.20 bits per heavy atom. The molecule has 0 radical (unpaired) electrons. The number of nitrogen functional groups attached to an aromatic ring is 2. The van der Waals surface area contributed by atoms with Gasteiger partial charge in [0.15, 0.2) is 22.5 Å². The van der Waals surface area contributed by atoms with E-state index >= 15 is 0 Å². The highest BCUT2D eigenvalue weighted by Gasteiger charge is 2.31. The van der Waals surface area contributed by atoms with Gasteiger partial charge in [0.2, 0.25) is 0 Å². The molecular formula is C17H21ClF3IN6OS. The molecule has 7 nitrogen and oxygen atoms in total. The van der Waals surface area contributed by atoms with Gasteiger partial charge in [-0.3, -0.25) is 4.79 Å². The van der Waals surface area contributed by atoms with E-state index in [4.69, 9.17) is 23.1 Å². The first-order chi connectivity index (χ1) is 13.4. The summed E-state index contributed by atoms with van der Waals surface area (Å²) < 4.78 is 38.6. The maximum absolute atomic E-state index is 12.8. The first-order valence-electron chi connectivity index (χ1n) is 8.40. The molecule has 2 rings (SSSR count). The number of quaternary nitrogens is 1. The third-order valence-electron chi connectivity index (χ3n) is 3.92. The Hall–Kier alpha value is -1.51. The van der Waals surface area contributed by atoms with Crippen LogP contribution in [0.25, 0.3) is 0 Å². The third kappa shape index (κ3) is 7.96. The molecule has 1 aromatic carbocycles. The van der Waals surface area contributed by atoms with E-state index in [1.807, 2.05) is 14.1 Å². The van der Waals surface area contributed by atoms with Gasteiger partial charge in [-0.05, 0) is 17.8 Å². The highest BCUT2D eigenvalue weighted by atomic mass is 127. The van der Waals surface area contributed by atoms with Crippen LogP contribution in [0.2, 0.25) is 5.15 Å². The van der Waals surface area contributed by atoms with Crippen LogP contribution in [-0.2, 0) is 6.54 Å². The number of alkyl halides is 3. The third-order valence-corrected chi connectivity index (χ3v) is 5.05. The predicted molar refractivity (Wildman–Crippen MR) is 107 cm³/mol. The second-order valence-electron chi connectivity index (χ2n) is 6.86. The van der Waals surface area contributed by atoms with Gasteiger partial charge in [0.25, 0.3) is 5.91 Å². The van der Waals surface area contributed by atoms with Crippen molar-refractivity contribution >= 4 is 40.9 Å². The van der Waals surface area contributed by atoms with Crippen LogP contribution in [0.15, 0.2) is 29.2 Å². The minimum atomic E-state index is -4.36. The van der Waals surface area contributed by atoms with Gasteiger partial charge in [-0.15, -0.1) is 0 Å². The van der Waals surface area contributed by atoms with Gasteiger partial charge < -0.3 is 45.2 Å². The van der Waals surface area contributed by atoms with Crippen molar-refractivity contribution in [2.45, 2.75) is 16.9 Å². The highest BCUT2D eigenvalue weighted by molar-refractivity contribution is 8.00. The van der Waals surface area contributed by atoms with Crippen LogP contribution in [0.5, 0.6) is 0 Å². The van der Waals surface area contributed by atoms with E-state index in [0.717, 1.165) is 0 Å². The van der Waals surface area contributed by atoms with Gasteiger partial charge in [-0.25, -0.2) is 9.97 Å². The molecule has 2 aromatic rings. The fraction of sp³-hybridized carbons (Fsp3) is 0.353. The number of hydrogen-bond acceptors (Lipinski definition) is 6. The minimum absolute atomic E-state index is 0. The Balaban J connectivity index is 0.00000450. The smallest absolute Gasteiger partial charge is 0.446 e. The maximum Gasteiger partial charge on any atom is 0.446 e. The molecule has 0 unspecified atom stereocenters. The number of nitrogens with one attached hydrogen (secondary N) is 1. The monoisotopic (exact) mass is 576 g/mol. The standard InChI is InChI=1S/C17H20ClF3N6OS.HI/c1-27(2,9-10-5-3-4-6-11(10)29-17(19,20)21)8-7-24-16(28)12-14(22)26-15(23)13(18)25-12;/h3-6H,7-9H2,1-2H3,(H4-,22,23,24,26,28);1H. The number of carbonyl (C=O) groups is 1. The van der Waals surface area contributed by atoms with E-state index in [9.17, 15) is 18.0 Å². The Bertz CT molecular complexity index is 900. The molecule has 0 saturated heterocycles. The molecule has 13 heteroatoms. The number of amides is 1. The largest absolute Gasteiger partial charge is 1.00 e. The van der Waals surface area contributed by atoms with Crippen molar-refractivity contribution < 1.29 is 46.4 Å². The van der Waals surface area contributed by atoms with Gasteiger partial charge in [0.05, 0.1) is 27.2 Å². The van der Waals surface area contributed by atoms with Crippen LogP contribution >= 0.6 is 23.4 Å². The Morgan fingerprint density at radius 2 is 1.83 bits per heavy atom. The van der Waals surface area contributed by atoms with E-state index in [1.165, 1.54) is 6.07 Å². The molecule has 0 atom stereocenters. The highest BCUT2D eigenvalue weighted by Crippen LogP contribution is 2.39. The zero-order chi connectivity index (χ0) is 21.8. The lowest BCUT2D eigenvalue weighted by molar-refractivity contribution is -0.902. The van der Waals surface area contributed by atoms with Crippen molar-refractivity contribution in [3.05, 3.63) is 40.7 Å². The lowest BCUT2D eigenvalue weighted by Crippen LogP contribution is -3.00. The normalized spacial score (nSPS) is 11.7. The molecule has 0 bridgehead atoms. The fourth-order valence-corrected chi connectivity index (χ4v) is 3.35. The lowest BCUT2D eigenvalue weighted by Gasteiger charge is -2.30. The summed E-state index contributed by atoms with van der Waals surface area (Å²) in [7, 11) is 3.71. The van der Waals surface area contributed by atoms with Gasteiger partial charge in [-0.2, -0.15) is 13.2 Å². The molecule has 5 N–H and O–H groups in total. The number of aromatic nitrogens is 2. The molecule has 0 saturated carbocycles. The summed E-state index contributed by atoms with van der Waals surface area (Å²) in [5.41, 5.74) is 7.20. The van der Waals surface area contributed by atoms with Crippen molar-refractivity contribution in [1.82, 2.24) is 15.3 Å². The summed E-state index contributed by atoms with van der Waals surface area (Å²) in [4.78, 5) is 20.0. The van der Waals surface area contributed by atoms with Crippen molar-refractivity contribution in [2.75, 3.05) is 38.7 Å². The van der Waals surface area contributed by atoms with Crippen LogP contribution in [0, 0.1) is 0 Å². The quantitative estimate of drug-likeness (QED) is 0.242. The van der Waals surface area contributed by atoms with Gasteiger partial charge >= 0.3 is 5.51 Å². The number of hydrogen-bond donors (Lipinski definition) is 3. The second kappa shape index (κ2) is 10.7. The first kappa shape index (κ1) is 26.5. The van der Waals surface area contributed by atoms with Crippen LogP contribution in [0.3, 0.4) is 0 Å². The van der Waals surface area contributed by atoms with Crippen molar-refractivity contribution in [1.29, 1.82) is 0 Å². The second-order valence-corrected chi connectivity index (χ2v) is 8.33. The van der Waals surface area contributed by atoms with E-state index < -0.39 is 11.4 Å². The number of thioether (sulfide) groups is 1. The summed E-state index contributed by atoms with van der Waals surface area (Å²) in [5, 5.41) is 2.53. The fourth-order valence-electron chi connectivity index (χ4n) is 2.56. The molecule has 0 fully saturated rings. The summed E-state index contributed by atoms with van der Waals surface area (Å²) in [6, 6.07) is 6.38. The number of carbonyl (C=O) groups excluding carboxylic acids is 1. The van der Waals surface area contributed by atoms with Crippen LogP contribution in [0.4, 0.5) is 24.8 Å². The number of likely N-dealkylation sites (N-methyl/N-ethyl adjacent to an activating group) is 1. The number of rotatable bonds is 7. The molecule has 0 aliphatic heterocycles. The predicted octanol–water partition coefficient (Wildman–Crippen LogP) is -0.0833. The summed E-state index contributed by atoms with van der Waals surface area (Å²) in [5.74, 6) is -0.782. The zero-order valence-electron chi connectivity index (χ0n) is 16.1. The van der Waals surface area contributed by atoms with Crippen LogP contribution in [0.1, 0.15) is 16.1 Å². The first-order valence-corrected chi connectivity index (χ1v) is 9.60. The molecule has 0 aliphatic carbocycles. The molecule has 1 amide bonds. The molecule has 1 heterocycles. The average molecular weight is 577 g/mol. The number of halogens is 5. The van der Waals surface area contributed by atoms with E-state index in [1.54, 1.807) is 18.2 Å². The number of benzene rings is 1. The molecular weight excluding hydrogens is 556 g/mol. The lowest BCUT2D eigenvalue weighted by atomic mass is 10.2. The topological polar surface area (TPSA) is 107 Å². The summed E-state index contributed by atoms with van der Waals surface area (Å²) in [6.45, 7) is 1.04. The Morgan fingerprint density at radius 3 is 2.47 bits per heavy atom. The van der Waals surface area contributed by atoms with Crippen molar-refractivity contribution in [2.24, 2.45) is 0 Å². The number of nitrogens with two attached hydrogens (primary N) is 2. The van der Waals surface area contributed by atoms with E-state index in [-0.39, 0.29) is 69.7 Å². The van der Waals surface area contributed by atoms with Gasteiger partial charge in [-0.1, -0.05) is 29.8 Å². The zero-order valence-corrected chi connectivity index (χ0v) is 19.9. The van der Waals surface area contributed by atoms with Crippen molar-refractivity contribution in [3.63, 3.8) is 0 Å². The number of nitrogens with zero attached hydrogens (tertiary/aromatic N) is 3. The van der Waals surface area contributed by atoms with E-state index in [2.05, 4.69) is 15.3 Å². The molecule has 166 valence electrons. The summed E-state index contributed by atoms with van der Waals surface area (Å²) >= 11 is 5.63. The van der Waals surface area contributed by atoms with Gasteiger partial charge in [0, 0.05) is 10.5 Å². The van der Waals surface area contributed by atoms with E-state index in [0.29, 0.717) is 23.1 Å². The molecule has 1 aromatic heterocycles. The van der Waals surface area contributed by atoms with Crippen molar-refractivity contribution in [3.8, 4) is 0 Å². The average Bonchev–Trinajstić information content (AvgIpc) is 2.58. The number of anilines is 2. The maximum atomic E-state index is 12.8. The molecule has 0 spiro atoms. The summed E-state index contributed by atoms with van der Waals surface area (Å²) in [6.07, 6.45) is 0. The Labute approximate surface area is 198 Å². The van der Waals surface area contributed by atoms with Crippen LogP contribution < -0.4 is 40.8 Å². The SMILES string of the molecule is C[N+](C)(CCNC(=O)c1nc(Cl)c(N)nc1N)Cc1ccccc1SC(F)(F)F.[I-]. The minimum Gasteiger partial charge on any atom is -1.00 e. The Kier molecular flexibility index (Phi) is 9.45. The van der Waals surface area contributed by atoms with Crippen LogP contribution in [-0.4, -0.2) is 53.1 Å².